The Bertz CT molecular complexity index is 1260. The van der Waals surface area contributed by atoms with Gasteiger partial charge in [0.2, 0.25) is 11.8 Å². The second-order valence-corrected chi connectivity index (χ2v) is 8.94. The van der Waals surface area contributed by atoms with Crippen molar-refractivity contribution in [2.45, 2.75) is 25.2 Å². The average molecular weight is 407 g/mol. The Morgan fingerprint density at radius 2 is 1.45 bits per heavy atom. The van der Waals surface area contributed by atoms with Crippen molar-refractivity contribution in [3.8, 4) is 0 Å². The first-order valence-corrected chi connectivity index (χ1v) is 10.6. The van der Waals surface area contributed by atoms with E-state index in [9.17, 15) is 14.4 Å². The minimum absolute atomic E-state index is 0.205. The fourth-order valence-electron chi connectivity index (χ4n) is 6.23. The molecule has 0 saturated carbocycles. The summed E-state index contributed by atoms with van der Waals surface area (Å²) in [6.45, 7) is 3.86. The molecule has 0 unspecified atom stereocenters. The molecule has 152 valence electrons. The van der Waals surface area contributed by atoms with Crippen LogP contribution in [0.4, 0.5) is 5.69 Å². The Morgan fingerprint density at radius 3 is 2.06 bits per heavy atom. The van der Waals surface area contributed by atoms with E-state index in [1.165, 1.54) is 4.90 Å². The van der Waals surface area contributed by atoms with Crippen molar-refractivity contribution in [2.75, 3.05) is 4.90 Å². The van der Waals surface area contributed by atoms with Gasteiger partial charge in [-0.1, -0.05) is 60.7 Å². The average Bonchev–Trinajstić information content (AvgIpc) is 3.06. The summed E-state index contributed by atoms with van der Waals surface area (Å²) in [4.78, 5) is 42.1. The van der Waals surface area contributed by atoms with E-state index >= 15 is 0 Å². The van der Waals surface area contributed by atoms with E-state index in [0.717, 1.165) is 39.7 Å². The van der Waals surface area contributed by atoms with Gasteiger partial charge in [-0.05, 0) is 53.3 Å². The molecule has 3 aromatic rings. The molecule has 3 aromatic carbocycles. The molecular formula is C27H21NO3. The summed E-state index contributed by atoms with van der Waals surface area (Å²) >= 11 is 0. The van der Waals surface area contributed by atoms with Crippen LogP contribution in [0, 0.1) is 25.7 Å². The highest BCUT2D eigenvalue weighted by molar-refractivity contribution is 6.25. The van der Waals surface area contributed by atoms with Crippen LogP contribution in [0.15, 0.2) is 66.7 Å². The van der Waals surface area contributed by atoms with Crippen molar-refractivity contribution in [2.24, 2.45) is 11.8 Å². The lowest BCUT2D eigenvalue weighted by molar-refractivity contribution is -0.128. The van der Waals surface area contributed by atoms with Crippen LogP contribution in [-0.4, -0.2) is 18.1 Å². The smallest absolute Gasteiger partial charge is 0.239 e. The SMILES string of the molecule is Cc1ccc(C)c(N2C(=O)[C@@H]3C4c5ccccc5C(C=O)(c5ccccc54)[C@@H]3C2=O)c1. The maximum absolute atomic E-state index is 13.9. The molecule has 2 atom stereocenters. The third kappa shape index (κ3) is 2.03. The molecule has 4 aliphatic rings. The highest BCUT2D eigenvalue weighted by atomic mass is 16.2. The number of hydrogen-bond donors (Lipinski definition) is 0. The zero-order valence-electron chi connectivity index (χ0n) is 17.3. The Hall–Kier alpha value is -3.53. The van der Waals surface area contributed by atoms with Crippen molar-refractivity contribution in [1.29, 1.82) is 0 Å². The van der Waals surface area contributed by atoms with Crippen molar-refractivity contribution in [3.63, 3.8) is 0 Å². The van der Waals surface area contributed by atoms with Crippen molar-refractivity contribution >= 4 is 23.8 Å². The van der Waals surface area contributed by atoms with Gasteiger partial charge in [0.15, 0.2) is 0 Å². The number of benzene rings is 3. The number of hydrogen-bond acceptors (Lipinski definition) is 3. The summed E-state index contributed by atoms with van der Waals surface area (Å²) in [5, 5.41) is 0. The lowest BCUT2D eigenvalue weighted by atomic mass is 9.48. The normalized spacial score (nSPS) is 27.7. The van der Waals surface area contributed by atoms with Gasteiger partial charge in [0.25, 0.3) is 0 Å². The maximum atomic E-state index is 13.9. The lowest BCUT2D eigenvalue weighted by Gasteiger charge is -2.51. The first-order chi connectivity index (χ1) is 15.0. The Balaban J connectivity index is 1.66. The highest BCUT2D eigenvalue weighted by Gasteiger charge is 2.68. The van der Waals surface area contributed by atoms with E-state index in [0.29, 0.717) is 5.69 Å². The number of amides is 2. The fourth-order valence-corrected chi connectivity index (χ4v) is 6.23. The number of anilines is 1. The van der Waals surface area contributed by atoms with Crippen LogP contribution in [0.1, 0.15) is 39.3 Å². The summed E-state index contributed by atoms with van der Waals surface area (Å²) in [5.41, 5.74) is 5.02. The monoisotopic (exact) mass is 407 g/mol. The molecule has 4 heteroatoms. The molecule has 4 nitrogen and oxygen atoms in total. The van der Waals surface area contributed by atoms with Crippen LogP contribution < -0.4 is 4.90 Å². The van der Waals surface area contributed by atoms with E-state index in [2.05, 4.69) is 0 Å². The second kappa shape index (κ2) is 6.01. The van der Waals surface area contributed by atoms with Crippen LogP contribution in [0.2, 0.25) is 0 Å². The van der Waals surface area contributed by atoms with E-state index in [4.69, 9.17) is 0 Å². The van der Waals surface area contributed by atoms with Gasteiger partial charge in [0.1, 0.15) is 6.29 Å². The quantitative estimate of drug-likeness (QED) is 0.476. The number of imide groups is 1. The summed E-state index contributed by atoms with van der Waals surface area (Å²) in [7, 11) is 0. The van der Waals surface area contributed by atoms with E-state index < -0.39 is 17.3 Å². The second-order valence-electron chi connectivity index (χ2n) is 8.94. The van der Waals surface area contributed by atoms with Gasteiger partial charge in [-0.2, -0.15) is 0 Å². The minimum Gasteiger partial charge on any atom is -0.302 e. The molecule has 1 heterocycles. The Labute approximate surface area is 180 Å². The predicted molar refractivity (Wildman–Crippen MR) is 117 cm³/mol. The summed E-state index contributed by atoms with van der Waals surface area (Å²) in [6, 6.07) is 21.4. The minimum atomic E-state index is -1.15. The maximum Gasteiger partial charge on any atom is 0.239 e. The van der Waals surface area contributed by atoms with Crippen molar-refractivity contribution < 1.29 is 14.4 Å². The first kappa shape index (κ1) is 18.3. The van der Waals surface area contributed by atoms with E-state index in [1.54, 1.807) is 0 Å². The molecule has 31 heavy (non-hydrogen) atoms. The summed E-state index contributed by atoms with van der Waals surface area (Å²) in [6.07, 6.45) is 0.912. The van der Waals surface area contributed by atoms with Crippen LogP contribution in [-0.2, 0) is 19.8 Å². The molecule has 1 fully saturated rings. The molecular weight excluding hydrogens is 386 g/mol. The third-order valence-electron chi connectivity index (χ3n) is 7.48. The number of aryl methyl sites for hydroxylation is 2. The number of aldehydes is 1. The number of carbonyl (C=O) groups excluding carboxylic acids is 3. The largest absolute Gasteiger partial charge is 0.302 e. The third-order valence-corrected chi connectivity index (χ3v) is 7.48. The molecule has 3 aliphatic carbocycles. The molecule has 0 spiro atoms. The zero-order valence-corrected chi connectivity index (χ0v) is 17.3. The summed E-state index contributed by atoms with van der Waals surface area (Å²) < 4.78 is 0. The highest BCUT2D eigenvalue weighted by Crippen LogP contribution is 2.63. The topological polar surface area (TPSA) is 54.5 Å². The molecule has 2 amide bonds. The molecule has 1 aliphatic heterocycles. The Kier molecular flexibility index (Phi) is 3.54. The standard InChI is InChI=1S/C27H21NO3/c1-15-11-12-16(2)21(13-15)28-25(30)23-22-17-7-3-5-9-19(17)27(14-29,24(23)26(28)31)20-10-6-4-8-18(20)22/h3-14,22-24H,1-2H3/t22?,23-,24+,27?/m1/s1. The first-order valence-electron chi connectivity index (χ1n) is 10.6. The van der Waals surface area contributed by atoms with Crippen LogP contribution in [0.25, 0.3) is 0 Å². The molecule has 1 saturated heterocycles. The molecule has 0 aromatic heterocycles. The number of rotatable bonds is 2. The van der Waals surface area contributed by atoms with Gasteiger partial charge < -0.3 is 4.79 Å². The number of nitrogens with zero attached hydrogens (tertiary/aromatic N) is 1. The van der Waals surface area contributed by atoms with Crippen LogP contribution >= 0.6 is 0 Å². The molecule has 0 N–H and O–H groups in total. The van der Waals surface area contributed by atoms with Crippen LogP contribution in [0.3, 0.4) is 0 Å². The van der Waals surface area contributed by atoms with Gasteiger partial charge in [0, 0.05) is 5.92 Å². The van der Waals surface area contributed by atoms with Crippen LogP contribution in [0.5, 0.6) is 0 Å². The van der Waals surface area contributed by atoms with Gasteiger partial charge in [-0.3, -0.25) is 9.59 Å². The van der Waals surface area contributed by atoms with E-state index in [1.807, 2.05) is 80.6 Å². The molecule has 0 radical (unpaired) electrons. The lowest BCUT2D eigenvalue weighted by Crippen LogP contribution is -2.54. The van der Waals surface area contributed by atoms with Crippen molar-refractivity contribution in [1.82, 2.24) is 0 Å². The van der Waals surface area contributed by atoms with Gasteiger partial charge >= 0.3 is 0 Å². The molecule has 2 bridgehead atoms. The molecule has 7 rings (SSSR count). The fraction of sp³-hybridized carbons (Fsp3) is 0.222. The van der Waals surface area contributed by atoms with Gasteiger partial charge in [-0.15, -0.1) is 0 Å². The zero-order chi connectivity index (χ0) is 21.5. The van der Waals surface area contributed by atoms with Crippen molar-refractivity contribution in [3.05, 3.63) is 100 Å². The Morgan fingerprint density at radius 1 is 0.839 bits per heavy atom. The van der Waals surface area contributed by atoms with Gasteiger partial charge in [0.05, 0.1) is 22.9 Å². The summed E-state index contributed by atoms with van der Waals surface area (Å²) in [5.74, 6) is -2.02. The number of carbonyl (C=O) groups is 3. The van der Waals surface area contributed by atoms with E-state index in [-0.39, 0.29) is 17.7 Å². The van der Waals surface area contributed by atoms with Gasteiger partial charge in [-0.25, -0.2) is 4.90 Å². The predicted octanol–water partition coefficient (Wildman–Crippen LogP) is 4.05.